The van der Waals surface area contributed by atoms with E-state index in [4.69, 9.17) is 28.7 Å². The maximum absolute atomic E-state index is 13.0. The maximum Gasteiger partial charge on any atom is 0.326 e. The van der Waals surface area contributed by atoms with Gasteiger partial charge in [0.2, 0.25) is 29.5 Å². The summed E-state index contributed by atoms with van der Waals surface area (Å²) in [6, 6.07) is -5.10. The summed E-state index contributed by atoms with van der Waals surface area (Å²) in [6.07, 6.45) is -0.598. The van der Waals surface area contributed by atoms with Crippen LogP contribution in [0.15, 0.2) is 4.99 Å². The number of carboxylic acids is 1. The molecule has 36 heavy (non-hydrogen) atoms. The van der Waals surface area contributed by atoms with Gasteiger partial charge in [-0.25, -0.2) is 4.79 Å². The minimum Gasteiger partial charge on any atom is -0.480 e. The number of nitrogens with two attached hydrogens (primary N) is 5. The number of guanidine groups is 1. The normalized spacial score (nSPS) is 14.0. The van der Waals surface area contributed by atoms with E-state index >= 15 is 0 Å². The fourth-order valence-corrected chi connectivity index (χ4v) is 2.93. The number of aliphatic carboxylic acids is 1. The summed E-state index contributed by atoms with van der Waals surface area (Å²) in [4.78, 5) is 75.4. The van der Waals surface area contributed by atoms with Crippen molar-refractivity contribution in [3.8, 4) is 0 Å². The first-order chi connectivity index (χ1) is 16.6. The maximum atomic E-state index is 13.0. The zero-order valence-electron chi connectivity index (χ0n) is 20.4. The van der Waals surface area contributed by atoms with Gasteiger partial charge in [0.05, 0.1) is 12.5 Å². The number of primary amides is 2. The summed E-state index contributed by atoms with van der Waals surface area (Å²) in [6.45, 7) is 3.39. The Labute approximate surface area is 208 Å². The van der Waals surface area contributed by atoms with Crippen LogP contribution >= 0.6 is 0 Å². The molecule has 16 heteroatoms. The molecule has 14 N–H and O–H groups in total. The minimum absolute atomic E-state index is 0.00580. The largest absolute Gasteiger partial charge is 0.480 e. The monoisotopic (exact) mass is 515 g/mol. The second kappa shape index (κ2) is 15.9. The van der Waals surface area contributed by atoms with Gasteiger partial charge in [0.25, 0.3) is 0 Å². The first kappa shape index (κ1) is 32.0. The molecule has 204 valence electrons. The van der Waals surface area contributed by atoms with Gasteiger partial charge in [-0.3, -0.25) is 29.0 Å². The van der Waals surface area contributed by atoms with Gasteiger partial charge >= 0.3 is 5.97 Å². The predicted molar refractivity (Wildman–Crippen MR) is 128 cm³/mol. The van der Waals surface area contributed by atoms with Gasteiger partial charge in [-0.2, -0.15) is 0 Å². The molecule has 0 spiro atoms. The van der Waals surface area contributed by atoms with Crippen molar-refractivity contribution in [1.29, 1.82) is 0 Å². The highest BCUT2D eigenvalue weighted by Crippen LogP contribution is 2.07. The number of nitrogens with one attached hydrogen (secondary N) is 3. The van der Waals surface area contributed by atoms with E-state index in [1.807, 2.05) is 0 Å². The summed E-state index contributed by atoms with van der Waals surface area (Å²) >= 11 is 0. The predicted octanol–water partition coefficient (Wildman–Crippen LogP) is -4.30. The number of nitrogens with zero attached hydrogens (tertiary/aromatic N) is 1. The van der Waals surface area contributed by atoms with Crippen LogP contribution in [0.1, 0.15) is 46.0 Å². The molecule has 0 saturated heterocycles. The van der Waals surface area contributed by atoms with Crippen LogP contribution in [0.5, 0.6) is 0 Å². The van der Waals surface area contributed by atoms with Crippen LogP contribution in [-0.2, 0) is 28.8 Å². The Kier molecular flexibility index (Phi) is 14.1. The van der Waals surface area contributed by atoms with Gasteiger partial charge in [0.15, 0.2) is 5.96 Å². The number of aliphatic imine (C=N–C) groups is 1. The zero-order valence-corrected chi connectivity index (χ0v) is 20.4. The Balaban J connectivity index is 5.56. The first-order valence-electron chi connectivity index (χ1n) is 11.2. The van der Waals surface area contributed by atoms with Gasteiger partial charge in [0, 0.05) is 13.0 Å². The third kappa shape index (κ3) is 13.1. The molecule has 0 rings (SSSR count). The van der Waals surface area contributed by atoms with Crippen molar-refractivity contribution >= 4 is 41.5 Å². The Morgan fingerprint density at radius 1 is 0.806 bits per heavy atom. The van der Waals surface area contributed by atoms with Crippen LogP contribution in [0.25, 0.3) is 0 Å². The molecule has 0 aliphatic heterocycles. The molecule has 0 saturated carbocycles. The topological polar surface area (TPSA) is 301 Å². The Hall–Kier alpha value is -3.95. The quantitative estimate of drug-likeness (QED) is 0.0509. The van der Waals surface area contributed by atoms with Crippen molar-refractivity contribution < 1.29 is 33.9 Å². The molecular weight excluding hydrogens is 478 g/mol. The van der Waals surface area contributed by atoms with Crippen LogP contribution in [-0.4, -0.2) is 77.3 Å². The van der Waals surface area contributed by atoms with Crippen molar-refractivity contribution in [2.45, 2.75) is 70.1 Å². The molecule has 0 fully saturated rings. The zero-order chi connectivity index (χ0) is 28.0. The third-order valence-corrected chi connectivity index (χ3v) is 4.88. The van der Waals surface area contributed by atoms with Gasteiger partial charge in [-0.05, 0) is 25.2 Å². The van der Waals surface area contributed by atoms with Crippen LogP contribution in [0.2, 0.25) is 0 Å². The van der Waals surface area contributed by atoms with E-state index in [0.29, 0.717) is 0 Å². The van der Waals surface area contributed by atoms with Gasteiger partial charge in [-0.1, -0.05) is 13.8 Å². The van der Waals surface area contributed by atoms with Crippen molar-refractivity contribution in [2.75, 3.05) is 6.54 Å². The molecule has 0 radical (unpaired) electrons. The van der Waals surface area contributed by atoms with E-state index in [-0.39, 0.29) is 38.2 Å². The molecule has 5 amide bonds. The molecule has 4 unspecified atom stereocenters. The number of hydrogen-bond acceptors (Lipinski definition) is 8. The Bertz CT molecular complexity index is 843. The molecule has 0 aliphatic carbocycles. The van der Waals surface area contributed by atoms with Crippen molar-refractivity contribution in [2.24, 2.45) is 39.6 Å². The highest BCUT2D eigenvalue weighted by molar-refractivity contribution is 5.95. The first-order valence-corrected chi connectivity index (χ1v) is 11.2. The van der Waals surface area contributed by atoms with Crippen molar-refractivity contribution in [1.82, 2.24) is 16.0 Å². The highest BCUT2D eigenvalue weighted by Gasteiger charge is 2.32. The number of carboxylic acid groups (broad SMARTS) is 1. The second-order valence-corrected chi connectivity index (χ2v) is 8.42. The average Bonchev–Trinajstić information content (AvgIpc) is 2.75. The molecule has 4 atom stereocenters. The summed E-state index contributed by atoms with van der Waals surface area (Å²) in [5.74, 6) is -6.05. The lowest BCUT2D eigenvalue weighted by atomic mass is 10.0. The fourth-order valence-electron chi connectivity index (χ4n) is 2.93. The van der Waals surface area contributed by atoms with Crippen molar-refractivity contribution in [3.63, 3.8) is 0 Å². The van der Waals surface area contributed by atoms with E-state index in [1.54, 1.807) is 13.8 Å². The molecule has 0 aromatic heterocycles. The van der Waals surface area contributed by atoms with Crippen LogP contribution < -0.4 is 44.6 Å². The lowest BCUT2D eigenvalue weighted by Crippen LogP contribution is -2.58. The van der Waals surface area contributed by atoms with E-state index < -0.39 is 72.0 Å². The number of rotatable bonds is 17. The average molecular weight is 516 g/mol. The lowest BCUT2D eigenvalue weighted by Gasteiger charge is -2.27. The standard InChI is InChI=1S/C20H37N9O7/c1-9(2)15(29-16(32)10(21)5-6-13(22)30)18(34)27-11(4-3-7-26-20(24)25)17(33)28-12(19(35)36)8-14(23)31/h9-12,15H,3-8,21H2,1-2H3,(H2,22,30)(H2,23,31)(H,27,34)(H,28,33)(H,29,32)(H,35,36)(H4,24,25,26). The number of carbonyl (C=O) groups excluding carboxylic acids is 5. The van der Waals surface area contributed by atoms with Crippen LogP contribution in [0.4, 0.5) is 0 Å². The summed E-state index contributed by atoms with van der Waals surface area (Å²) in [7, 11) is 0. The Morgan fingerprint density at radius 2 is 1.39 bits per heavy atom. The molecule has 0 heterocycles. The molecule has 0 aromatic rings. The summed E-state index contributed by atoms with van der Waals surface area (Å²) < 4.78 is 0. The smallest absolute Gasteiger partial charge is 0.326 e. The Morgan fingerprint density at radius 3 is 1.86 bits per heavy atom. The van der Waals surface area contributed by atoms with E-state index in [9.17, 15) is 33.9 Å². The fraction of sp³-hybridized carbons (Fsp3) is 0.650. The number of amides is 5. The van der Waals surface area contributed by atoms with E-state index in [1.165, 1.54) is 0 Å². The van der Waals surface area contributed by atoms with E-state index in [2.05, 4.69) is 20.9 Å². The molecule has 0 bridgehead atoms. The van der Waals surface area contributed by atoms with Gasteiger partial charge in [-0.15, -0.1) is 0 Å². The third-order valence-electron chi connectivity index (χ3n) is 4.88. The number of hydrogen-bond donors (Lipinski definition) is 9. The highest BCUT2D eigenvalue weighted by atomic mass is 16.4. The molecule has 0 aromatic carbocycles. The van der Waals surface area contributed by atoms with Crippen LogP contribution in [0, 0.1) is 5.92 Å². The summed E-state index contributed by atoms with van der Waals surface area (Å²) in [5.41, 5.74) is 26.4. The molecule has 16 nitrogen and oxygen atoms in total. The molecular formula is C20H37N9O7. The molecule has 0 aliphatic rings. The number of carbonyl (C=O) groups is 6. The van der Waals surface area contributed by atoms with Gasteiger partial charge < -0.3 is 49.7 Å². The van der Waals surface area contributed by atoms with Gasteiger partial charge in [0.1, 0.15) is 18.1 Å². The van der Waals surface area contributed by atoms with E-state index in [0.717, 1.165) is 0 Å². The van der Waals surface area contributed by atoms with Crippen LogP contribution in [0.3, 0.4) is 0 Å². The van der Waals surface area contributed by atoms with Crippen molar-refractivity contribution in [3.05, 3.63) is 0 Å². The second-order valence-electron chi connectivity index (χ2n) is 8.42. The lowest BCUT2D eigenvalue weighted by molar-refractivity contribution is -0.143. The summed E-state index contributed by atoms with van der Waals surface area (Å²) in [5, 5.41) is 16.4. The SMILES string of the molecule is CC(C)C(NC(=O)C(N)CCC(N)=O)C(=O)NC(CCCN=C(N)N)C(=O)NC(CC(N)=O)C(=O)O. The minimum atomic E-state index is -1.61.